The first kappa shape index (κ1) is 6.58. The van der Waals surface area contributed by atoms with Gasteiger partial charge in [-0.05, 0) is 19.4 Å². The monoisotopic (exact) mass is 141 g/mol. The summed E-state index contributed by atoms with van der Waals surface area (Å²) >= 11 is 0. The molecule has 1 atom stereocenters. The van der Waals surface area contributed by atoms with Gasteiger partial charge >= 0.3 is 0 Å². The molecule has 1 radical (unpaired) electrons. The lowest BCUT2D eigenvalue weighted by atomic mass is 10.1. The summed E-state index contributed by atoms with van der Waals surface area (Å²) in [6.45, 7) is 4.77. The molecule has 1 unspecified atom stereocenters. The highest BCUT2D eigenvalue weighted by atomic mass is 16.5. The minimum absolute atomic E-state index is 0.0434. The van der Waals surface area contributed by atoms with E-state index in [9.17, 15) is 0 Å². The zero-order valence-electron chi connectivity index (χ0n) is 6.02. The Morgan fingerprint density at radius 1 is 1.50 bits per heavy atom. The van der Waals surface area contributed by atoms with E-state index in [1.165, 1.54) is 6.42 Å². The average Bonchev–Trinajstić information content (AvgIpc) is 2.39. The Balaban J connectivity index is 1.98. The van der Waals surface area contributed by atoms with Gasteiger partial charge in [-0.25, -0.2) is 0 Å². The van der Waals surface area contributed by atoms with Gasteiger partial charge in [0.15, 0.2) is 0 Å². The topological polar surface area (TPSA) is 33.3 Å². The van der Waals surface area contributed by atoms with E-state index in [1.807, 2.05) is 6.61 Å². The van der Waals surface area contributed by atoms with E-state index in [0.29, 0.717) is 0 Å². The summed E-state index contributed by atoms with van der Waals surface area (Å²) in [5.74, 6) is 0. The number of nitrogens with one attached hydrogen (secondary N) is 2. The van der Waals surface area contributed by atoms with E-state index in [4.69, 9.17) is 4.74 Å². The minimum Gasteiger partial charge on any atom is -0.352 e. The molecule has 0 aromatic carbocycles. The van der Waals surface area contributed by atoms with Gasteiger partial charge in [0.25, 0.3) is 0 Å². The summed E-state index contributed by atoms with van der Waals surface area (Å²) in [4.78, 5) is 0. The lowest BCUT2D eigenvalue weighted by Gasteiger charge is -2.33. The van der Waals surface area contributed by atoms with Gasteiger partial charge in [0.1, 0.15) is 5.72 Å². The zero-order valence-corrected chi connectivity index (χ0v) is 6.02. The van der Waals surface area contributed by atoms with Gasteiger partial charge in [0.2, 0.25) is 0 Å². The van der Waals surface area contributed by atoms with Crippen molar-refractivity contribution in [2.24, 2.45) is 0 Å². The molecule has 3 nitrogen and oxygen atoms in total. The summed E-state index contributed by atoms with van der Waals surface area (Å²) in [5.41, 5.74) is -0.0434. The zero-order chi connectivity index (χ0) is 6.86. The molecule has 2 fully saturated rings. The summed E-state index contributed by atoms with van der Waals surface area (Å²) in [6, 6.07) is 0. The largest absolute Gasteiger partial charge is 0.352 e. The van der Waals surface area contributed by atoms with Crippen LogP contribution in [0.4, 0.5) is 0 Å². The predicted octanol–water partition coefficient (Wildman–Crippen LogP) is -0.152. The molecule has 0 bridgehead atoms. The van der Waals surface area contributed by atoms with Crippen LogP contribution in [0.25, 0.3) is 0 Å². The normalized spacial score (nSPS) is 40.8. The molecule has 2 aliphatic rings. The van der Waals surface area contributed by atoms with Crippen molar-refractivity contribution in [3.05, 3.63) is 6.61 Å². The summed E-state index contributed by atoms with van der Waals surface area (Å²) in [6.07, 6.45) is 2.37. The van der Waals surface area contributed by atoms with Crippen LogP contribution in [0.2, 0.25) is 0 Å². The van der Waals surface area contributed by atoms with E-state index in [0.717, 1.165) is 26.1 Å². The number of rotatable bonds is 0. The highest BCUT2D eigenvalue weighted by Crippen LogP contribution is 2.22. The quantitative estimate of drug-likeness (QED) is 0.492. The van der Waals surface area contributed by atoms with Crippen LogP contribution in [0.15, 0.2) is 0 Å². The van der Waals surface area contributed by atoms with Crippen molar-refractivity contribution in [3.63, 3.8) is 0 Å². The lowest BCUT2D eigenvalue weighted by Crippen LogP contribution is -2.54. The second-order valence-electron chi connectivity index (χ2n) is 2.94. The van der Waals surface area contributed by atoms with Gasteiger partial charge in [0, 0.05) is 13.1 Å². The predicted molar refractivity (Wildman–Crippen MR) is 38.2 cm³/mol. The van der Waals surface area contributed by atoms with Crippen molar-refractivity contribution < 1.29 is 4.74 Å². The Bertz CT molecular complexity index is 113. The summed E-state index contributed by atoms with van der Waals surface area (Å²) in [7, 11) is 0. The second-order valence-corrected chi connectivity index (χ2v) is 2.94. The summed E-state index contributed by atoms with van der Waals surface area (Å²) in [5, 5.41) is 6.63. The number of ether oxygens (including phenoxy) is 1. The molecule has 0 aromatic heterocycles. The van der Waals surface area contributed by atoms with Crippen molar-refractivity contribution in [2.75, 3.05) is 19.6 Å². The smallest absolute Gasteiger partial charge is 0.132 e. The van der Waals surface area contributed by atoms with Crippen LogP contribution < -0.4 is 10.6 Å². The molecule has 0 aliphatic carbocycles. The fourth-order valence-corrected chi connectivity index (χ4v) is 1.61. The second kappa shape index (κ2) is 2.49. The van der Waals surface area contributed by atoms with E-state index in [-0.39, 0.29) is 5.72 Å². The molecule has 10 heavy (non-hydrogen) atoms. The first-order valence-corrected chi connectivity index (χ1v) is 3.87. The van der Waals surface area contributed by atoms with Crippen LogP contribution in [0, 0.1) is 6.61 Å². The Morgan fingerprint density at radius 3 is 3.10 bits per heavy atom. The molecule has 2 heterocycles. The van der Waals surface area contributed by atoms with Crippen molar-refractivity contribution in [1.29, 1.82) is 0 Å². The fourth-order valence-electron chi connectivity index (χ4n) is 1.61. The van der Waals surface area contributed by atoms with Crippen LogP contribution in [-0.4, -0.2) is 25.4 Å². The van der Waals surface area contributed by atoms with Gasteiger partial charge in [-0.15, -0.1) is 0 Å². The maximum atomic E-state index is 5.53. The molecular weight excluding hydrogens is 128 g/mol. The van der Waals surface area contributed by atoms with Gasteiger partial charge < -0.3 is 10.1 Å². The fraction of sp³-hybridized carbons (Fsp3) is 0.857. The lowest BCUT2D eigenvalue weighted by molar-refractivity contribution is -0.0398. The maximum absolute atomic E-state index is 5.53. The molecule has 0 amide bonds. The van der Waals surface area contributed by atoms with Crippen LogP contribution >= 0.6 is 0 Å². The molecular formula is C7H13N2O. The van der Waals surface area contributed by atoms with E-state index >= 15 is 0 Å². The van der Waals surface area contributed by atoms with Gasteiger partial charge in [0.05, 0.1) is 6.61 Å². The van der Waals surface area contributed by atoms with Crippen LogP contribution in [0.5, 0.6) is 0 Å². The Morgan fingerprint density at radius 2 is 2.50 bits per heavy atom. The number of hydrogen-bond acceptors (Lipinski definition) is 3. The Labute approximate surface area is 61.1 Å². The SMILES string of the molecule is [CH]1CNCC2(CCCN2)O1. The van der Waals surface area contributed by atoms with Crippen LogP contribution in [0.3, 0.4) is 0 Å². The molecule has 2 N–H and O–H groups in total. The summed E-state index contributed by atoms with van der Waals surface area (Å²) < 4.78 is 5.53. The first-order chi connectivity index (χ1) is 4.91. The van der Waals surface area contributed by atoms with Crippen LogP contribution in [-0.2, 0) is 4.74 Å². The van der Waals surface area contributed by atoms with E-state index in [1.54, 1.807) is 0 Å². The molecule has 3 heteroatoms. The third kappa shape index (κ3) is 1.05. The standard InChI is InChI=1S/C7H13N2O/c1-2-7(9-3-1)6-8-4-5-10-7/h5,8-9H,1-4,6H2. The third-order valence-electron chi connectivity index (χ3n) is 2.15. The average molecular weight is 141 g/mol. The molecule has 0 aromatic rings. The van der Waals surface area contributed by atoms with Gasteiger partial charge in [-0.2, -0.15) is 0 Å². The van der Waals surface area contributed by atoms with E-state index < -0.39 is 0 Å². The molecule has 2 saturated heterocycles. The first-order valence-electron chi connectivity index (χ1n) is 3.87. The van der Waals surface area contributed by atoms with Gasteiger partial charge in [-0.1, -0.05) is 0 Å². The highest BCUT2D eigenvalue weighted by Gasteiger charge is 2.35. The van der Waals surface area contributed by atoms with Crippen molar-refractivity contribution >= 4 is 0 Å². The van der Waals surface area contributed by atoms with Gasteiger partial charge in [-0.3, -0.25) is 5.32 Å². The van der Waals surface area contributed by atoms with Crippen molar-refractivity contribution in [3.8, 4) is 0 Å². The Kier molecular flexibility index (Phi) is 1.64. The Hall–Kier alpha value is -0.120. The molecule has 2 aliphatic heterocycles. The maximum Gasteiger partial charge on any atom is 0.132 e. The third-order valence-corrected chi connectivity index (χ3v) is 2.15. The molecule has 57 valence electrons. The molecule has 1 spiro atoms. The van der Waals surface area contributed by atoms with Crippen molar-refractivity contribution in [1.82, 2.24) is 10.6 Å². The molecule has 0 saturated carbocycles. The van der Waals surface area contributed by atoms with Crippen molar-refractivity contribution in [2.45, 2.75) is 18.6 Å². The molecule has 2 rings (SSSR count). The van der Waals surface area contributed by atoms with Crippen LogP contribution in [0.1, 0.15) is 12.8 Å². The highest BCUT2D eigenvalue weighted by molar-refractivity contribution is 4.90. The minimum atomic E-state index is -0.0434. The number of hydrogen-bond donors (Lipinski definition) is 2. The van der Waals surface area contributed by atoms with E-state index in [2.05, 4.69) is 10.6 Å². The number of morpholine rings is 1.